The number of rotatable bonds is 4. The fourth-order valence-electron chi connectivity index (χ4n) is 5.75. The molecule has 2 atom stereocenters. The molecule has 8 heteroatoms. The molecule has 0 bridgehead atoms. The van der Waals surface area contributed by atoms with Crippen LogP contribution < -0.4 is 4.90 Å². The number of piperidine rings is 1. The molecule has 1 aromatic carbocycles. The normalized spacial score (nSPS) is 26.7. The number of alkyl halides is 3. The number of nitrogens with zero attached hydrogens (tertiary/aromatic N) is 3. The van der Waals surface area contributed by atoms with Crippen LogP contribution in [0.2, 0.25) is 0 Å². The molecular formula is C23H28F3N3O2. The van der Waals surface area contributed by atoms with Crippen molar-refractivity contribution < 1.29 is 22.7 Å². The number of carbonyl (C=O) groups is 1. The Kier molecular flexibility index (Phi) is 5.91. The van der Waals surface area contributed by atoms with Crippen LogP contribution in [0.3, 0.4) is 0 Å². The van der Waals surface area contributed by atoms with Gasteiger partial charge in [-0.2, -0.15) is 18.4 Å². The van der Waals surface area contributed by atoms with Gasteiger partial charge in [-0.1, -0.05) is 12.8 Å². The van der Waals surface area contributed by atoms with Crippen molar-refractivity contribution in [2.75, 3.05) is 44.8 Å². The first-order chi connectivity index (χ1) is 14.8. The van der Waals surface area contributed by atoms with E-state index in [0.717, 1.165) is 38.2 Å². The number of hydrogen-bond acceptors (Lipinski definition) is 4. The third-order valence-electron chi connectivity index (χ3n) is 7.31. The molecule has 31 heavy (non-hydrogen) atoms. The van der Waals surface area contributed by atoms with Gasteiger partial charge in [0.25, 0.3) is 0 Å². The van der Waals surface area contributed by atoms with Crippen molar-refractivity contribution in [3.8, 4) is 6.07 Å². The summed E-state index contributed by atoms with van der Waals surface area (Å²) in [7, 11) is 1.63. The molecule has 5 nitrogen and oxygen atoms in total. The molecule has 1 aromatic rings. The van der Waals surface area contributed by atoms with Crippen LogP contribution in [0.5, 0.6) is 0 Å². The maximum absolute atomic E-state index is 13.4. The van der Waals surface area contributed by atoms with Crippen molar-refractivity contribution in [3.05, 3.63) is 29.3 Å². The number of halogens is 3. The highest BCUT2D eigenvalue weighted by Crippen LogP contribution is 2.45. The fourth-order valence-corrected chi connectivity index (χ4v) is 5.75. The van der Waals surface area contributed by atoms with Gasteiger partial charge in [-0.15, -0.1) is 0 Å². The maximum atomic E-state index is 13.4. The first-order valence-electron chi connectivity index (χ1n) is 10.9. The molecule has 4 rings (SSSR count). The summed E-state index contributed by atoms with van der Waals surface area (Å²) in [6.45, 7) is 2.90. The van der Waals surface area contributed by atoms with E-state index in [4.69, 9.17) is 10.00 Å². The summed E-state index contributed by atoms with van der Waals surface area (Å²) in [6, 6.07) is 5.56. The largest absolute Gasteiger partial charge is 0.417 e. The summed E-state index contributed by atoms with van der Waals surface area (Å²) in [6.07, 6.45) is 0.346. The van der Waals surface area contributed by atoms with E-state index in [9.17, 15) is 18.0 Å². The predicted molar refractivity (Wildman–Crippen MR) is 109 cm³/mol. The lowest BCUT2D eigenvalue weighted by Crippen LogP contribution is -2.54. The topological polar surface area (TPSA) is 56.6 Å². The van der Waals surface area contributed by atoms with Gasteiger partial charge in [-0.25, -0.2) is 0 Å². The Bertz CT molecular complexity index is 876. The van der Waals surface area contributed by atoms with Crippen LogP contribution in [0.15, 0.2) is 18.2 Å². The Labute approximate surface area is 180 Å². The second-order valence-electron chi connectivity index (χ2n) is 9.24. The molecule has 2 aliphatic heterocycles. The number of fused-ring (bicyclic) bond motifs is 1. The Hall–Kier alpha value is -2.27. The summed E-state index contributed by atoms with van der Waals surface area (Å²) < 4.78 is 45.9. The van der Waals surface area contributed by atoms with Crippen molar-refractivity contribution in [1.82, 2.24) is 4.90 Å². The molecule has 2 saturated heterocycles. The number of carbonyl (C=O) groups excluding carboxylic acids is 1. The van der Waals surface area contributed by atoms with Crippen molar-refractivity contribution in [3.63, 3.8) is 0 Å². The van der Waals surface area contributed by atoms with E-state index in [0.29, 0.717) is 38.5 Å². The van der Waals surface area contributed by atoms with Gasteiger partial charge in [0, 0.05) is 50.3 Å². The molecule has 1 aliphatic carbocycles. The Morgan fingerprint density at radius 3 is 2.65 bits per heavy atom. The average Bonchev–Trinajstić information content (AvgIpc) is 3.40. The minimum absolute atomic E-state index is 0.113. The zero-order valence-corrected chi connectivity index (χ0v) is 17.7. The van der Waals surface area contributed by atoms with E-state index in [-0.39, 0.29) is 28.7 Å². The number of ether oxygens (including phenoxy) is 1. The SMILES string of the molecule is COC[C@@]12CN(C(=O)C3CCCC3)CC[C@@H]1CN(c1ccc(C#N)c(C(F)(F)F)c1)C2. The van der Waals surface area contributed by atoms with Gasteiger partial charge in [-0.3, -0.25) is 4.79 Å². The minimum Gasteiger partial charge on any atom is -0.384 e. The van der Waals surface area contributed by atoms with Crippen LogP contribution in [-0.2, 0) is 15.7 Å². The first kappa shape index (κ1) is 21.9. The van der Waals surface area contributed by atoms with Crippen LogP contribution in [0.25, 0.3) is 0 Å². The molecular weight excluding hydrogens is 407 g/mol. The highest BCUT2D eigenvalue weighted by Gasteiger charge is 2.51. The number of nitriles is 1. The number of methoxy groups -OCH3 is 1. The molecule has 0 N–H and O–H groups in total. The molecule has 3 fully saturated rings. The van der Waals surface area contributed by atoms with E-state index < -0.39 is 11.7 Å². The van der Waals surface area contributed by atoms with Crippen LogP contribution >= 0.6 is 0 Å². The van der Waals surface area contributed by atoms with Gasteiger partial charge in [-0.05, 0) is 43.4 Å². The standard InChI is InChI=1S/C23H28F3N3O2/c1-31-15-22-13-28(21(30)16-4-2-3-5-16)9-8-18(22)12-29(14-22)19-7-6-17(11-27)20(10-19)23(24,25)26/h6-7,10,16,18H,2-5,8-9,12-15H2,1H3/t18-,22+/m1/s1. The second kappa shape index (κ2) is 8.34. The quantitative estimate of drug-likeness (QED) is 0.716. The van der Waals surface area contributed by atoms with Crippen LogP contribution in [0.1, 0.15) is 43.2 Å². The number of benzene rings is 1. The number of amides is 1. The summed E-state index contributed by atoms with van der Waals surface area (Å²) in [4.78, 5) is 17.0. The fraction of sp³-hybridized carbons (Fsp3) is 0.652. The lowest BCUT2D eigenvalue weighted by molar-refractivity contribution is -0.141. The van der Waals surface area contributed by atoms with E-state index >= 15 is 0 Å². The molecule has 2 heterocycles. The van der Waals surface area contributed by atoms with E-state index in [1.807, 2.05) is 9.80 Å². The molecule has 1 saturated carbocycles. The van der Waals surface area contributed by atoms with Gasteiger partial charge >= 0.3 is 6.18 Å². The zero-order chi connectivity index (χ0) is 22.2. The van der Waals surface area contributed by atoms with Gasteiger partial charge in [0.15, 0.2) is 0 Å². The summed E-state index contributed by atoms with van der Waals surface area (Å²) >= 11 is 0. The number of anilines is 1. The first-order valence-corrected chi connectivity index (χ1v) is 10.9. The Morgan fingerprint density at radius 1 is 1.26 bits per heavy atom. The lowest BCUT2D eigenvalue weighted by atomic mass is 9.73. The summed E-state index contributed by atoms with van der Waals surface area (Å²) in [5.74, 6) is 0.578. The van der Waals surface area contributed by atoms with Crippen molar-refractivity contribution in [2.45, 2.75) is 38.3 Å². The third-order valence-corrected chi connectivity index (χ3v) is 7.31. The number of likely N-dealkylation sites (tertiary alicyclic amines) is 1. The molecule has 3 aliphatic rings. The van der Waals surface area contributed by atoms with Crippen molar-refractivity contribution in [1.29, 1.82) is 5.26 Å². The molecule has 168 valence electrons. The van der Waals surface area contributed by atoms with Gasteiger partial charge < -0.3 is 14.5 Å². The van der Waals surface area contributed by atoms with Crippen LogP contribution in [-0.4, -0.2) is 50.7 Å². The molecule has 0 radical (unpaired) electrons. The predicted octanol–water partition coefficient (Wildman–Crippen LogP) is 4.07. The second-order valence-corrected chi connectivity index (χ2v) is 9.24. The van der Waals surface area contributed by atoms with Crippen molar-refractivity contribution in [2.24, 2.45) is 17.3 Å². The van der Waals surface area contributed by atoms with E-state index in [1.54, 1.807) is 19.2 Å². The third kappa shape index (κ3) is 4.12. The average molecular weight is 435 g/mol. The summed E-state index contributed by atoms with van der Waals surface area (Å²) in [5.41, 5.74) is -1.10. The molecule has 0 unspecified atom stereocenters. The Morgan fingerprint density at radius 2 is 2.00 bits per heavy atom. The number of hydrogen-bond donors (Lipinski definition) is 0. The summed E-state index contributed by atoms with van der Waals surface area (Å²) in [5, 5.41) is 9.07. The van der Waals surface area contributed by atoms with Gasteiger partial charge in [0.2, 0.25) is 5.91 Å². The molecule has 0 spiro atoms. The minimum atomic E-state index is -4.58. The van der Waals surface area contributed by atoms with Crippen LogP contribution in [0, 0.1) is 28.6 Å². The lowest BCUT2D eigenvalue weighted by Gasteiger charge is -2.44. The molecule has 0 aromatic heterocycles. The smallest absolute Gasteiger partial charge is 0.384 e. The van der Waals surface area contributed by atoms with E-state index in [2.05, 4.69) is 0 Å². The zero-order valence-electron chi connectivity index (χ0n) is 17.7. The van der Waals surface area contributed by atoms with Gasteiger partial charge in [0.1, 0.15) is 0 Å². The van der Waals surface area contributed by atoms with E-state index in [1.165, 1.54) is 6.07 Å². The highest BCUT2D eigenvalue weighted by molar-refractivity contribution is 5.79. The van der Waals surface area contributed by atoms with Gasteiger partial charge in [0.05, 0.1) is 23.8 Å². The Balaban J connectivity index is 1.58. The molecule has 1 amide bonds. The monoisotopic (exact) mass is 435 g/mol. The van der Waals surface area contributed by atoms with Crippen molar-refractivity contribution >= 4 is 11.6 Å². The highest BCUT2D eigenvalue weighted by atomic mass is 19.4. The van der Waals surface area contributed by atoms with Crippen LogP contribution in [0.4, 0.5) is 18.9 Å². The maximum Gasteiger partial charge on any atom is 0.417 e.